The molecule has 2 rings (SSSR count). The van der Waals surface area contributed by atoms with Crippen LogP contribution in [0.25, 0.3) is 0 Å². The summed E-state index contributed by atoms with van der Waals surface area (Å²) in [5.41, 5.74) is 1.22. The summed E-state index contributed by atoms with van der Waals surface area (Å²) in [5.74, 6) is 0. The van der Waals surface area contributed by atoms with Crippen molar-refractivity contribution in [1.29, 1.82) is 0 Å². The number of nitrogens with zero attached hydrogens (tertiary/aromatic N) is 2. The SMILES string of the molecule is OCCn1cc(CNCC2(CO)CCCC2)cn1. The summed E-state index contributed by atoms with van der Waals surface area (Å²) < 4.78 is 1.74. The molecule has 0 saturated heterocycles. The van der Waals surface area contributed by atoms with E-state index in [-0.39, 0.29) is 18.6 Å². The second kappa shape index (κ2) is 6.31. The van der Waals surface area contributed by atoms with Crippen LogP contribution in [0.15, 0.2) is 12.4 Å². The van der Waals surface area contributed by atoms with Crippen molar-refractivity contribution in [2.24, 2.45) is 5.41 Å². The topological polar surface area (TPSA) is 70.3 Å². The number of aliphatic hydroxyl groups excluding tert-OH is 2. The van der Waals surface area contributed by atoms with Crippen LogP contribution in [0.4, 0.5) is 0 Å². The van der Waals surface area contributed by atoms with E-state index >= 15 is 0 Å². The van der Waals surface area contributed by atoms with Gasteiger partial charge in [-0.05, 0) is 12.8 Å². The molecule has 1 fully saturated rings. The van der Waals surface area contributed by atoms with Crippen LogP contribution in [0.5, 0.6) is 0 Å². The number of aliphatic hydroxyl groups is 2. The third kappa shape index (κ3) is 3.31. The molecule has 102 valence electrons. The van der Waals surface area contributed by atoms with Crippen LogP contribution in [0.3, 0.4) is 0 Å². The van der Waals surface area contributed by atoms with Gasteiger partial charge < -0.3 is 15.5 Å². The predicted octanol–water partition coefficient (Wildman–Crippen LogP) is 0.518. The molecule has 1 aliphatic carbocycles. The van der Waals surface area contributed by atoms with Gasteiger partial charge in [-0.1, -0.05) is 12.8 Å². The van der Waals surface area contributed by atoms with Gasteiger partial charge in [-0.2, -0.15) is 5.10 Å². The van der Waals surface area contributed by atoms with E-state index in [2.05, 4.69) is 10.4 Å². The maximum absolute atomic E-state index is 9.50. The second-order valence-electron chi connectivity index (χ2n) is 5.30. The lowest BCUT2D eigenvalue weighted by Crippen LogP contribution is -2.34. The first kappa shape index (κ1) is 13.5. The van der Waals surface area contributed by atoms with E-state index < -0.39 is 0 Å². The monoisotopic (exact) mass is 253 g/mol. The summed E-state index contributed by atoms with van der Waals surface area (Å²) in [4.78, 5) is 0. The summed E-state index contributed by atoms with van der Waals surface area (Å²) in [6.07, 6.45) is 8.49. The highest BCUT2D eigenvalue weighted by molar-refractivity contribution is 5.03. The molecule has 5 heteroatoms. The number of rotatable bonds is 7. The Morgan fingerprint density at radius 1 is 1.33 bits per heavy atom. The zero-order valence-electron chi connectivity index (χ0n) is 10.8. The molecule has 0 aromatic carbocycles. The predicted molar refractivity (Wildman–Crippen MR) is 69.0 cm³/mol. The van der Waals surface area contributed by atoms with Gasteiger partial charge >= 0.3 is 0 Å². The Bertz CT molecular complexity index is 359. The standard InChI is InChI=1S/C13H23N3O2/c17-6-5-16-9-12(8-15-16)7-14-10-13(11-18)3-1-2-4-13/h8-9,14,17-18H,1-7,10-11H2. The van der Waals surface area contributed by atoms with Crippen molar-refractivity contribution < 1.29 is 10.2 Å². The zero-order valence-corrected chi connectivity index (χ0v) is 10.8. The Morgan fingerprint density at radius 3 is 2.78 bits per heavy atom. The first-order valence-corrected chi connectivity index (χ1v) is 6.72. The van der Waals surface area contributed by atoms with Crippen molar-refractivity contribution in [2.45, 2.75) is 38.8 Å². The van der Waals surface area contributed by atoms with Gasteiger partial charge in [0.15, 0.2) is 0 Å². The Balaban J connectivity index is 1.76. The van der Waals surface area contributed by atoms with Gasteiger partial charge in [0.2, 0.25) is 0 Å². The molecule has 1 aromatic heterocycles. The molecule has 0 unspecified atom stereocenters. The maximum atomic E-state index is 9.50. The van der Waals surface area contributed by atoms with Gasteiger partial charge in [0, 0.05) is 36.9 Å². The molecule has 1 aliphatic rings. The lowest BCUT2D eigenvalue weighted by Gasteiger charge is -2.26. The third-order valence-electron chi connectivity index (χ3n) is 3.84. The van der Waals surface area contributed by atoms with E-state index in [1.54, 1.807) is 4.68 Å². The van der Waals surface area contributed by atoms with E-state index in [0.29, 0.717) is 6.54 Å². The van der Waals surface area contributed by atoms with Crippen LogP contribution in [0, 0.1) is 5.41 Å². The molecule has 0 radical (unpaired) electrons. The van der Waals surface area contributed by atoms with Crippen molar-refractivity contribution in [3.63, 3.8) is 0 Å². The number of hydrogen-bond donors (Lipinski definition) is 3. The van der Waals surface area contributed by atoms with Crippen LogP contribution in [-0.4, -0.2) is 39.8 Å². The zero-order chi connectivity index (χ0) is 12.8. The Labute approximate surface area is 108 Å². The van der Waals surface area contributed by atoms with Crippen molar-refractivity contribution in [2.75, 3.05) is 19.8 Å². The molecule has 0 spiro atoms. The molecule has 1 aromatic rings. The first-order valence-electron chi connectivity index (χ1n) is 6.72. The van der Waals surface area contributed by atoms with Crippen molar-refractivity contribution in [1.82, 2.24) is 15.1 Å². The minimum absolute atomic E-state index is 0.0983. The molecule has 0 bridgehead atoms. The molecule has 1 saturated carbocycles. The Hall–Kier alpha value is -0.910. The highest BCUT2D eigenvalue weighted by Gasteiger charge is 2.32. The van der Waals surface area contributed by atoms with E-state index in [4.69, 9.17) is 5.11 Å². The molecular formula is C13H23N3O2. The Kier molecular flexibility index (Phi) is 4.74. The fourth-order valence-electron chi connectivity index (χ4n) is 2.71. The van der Waals surface area contributed by atoms with E-state index in [0.717, 1.165) is 31.5 Å². The molecule has 3 N–H and O–H groups in total. The van der Waals surface area contributed by atoms with Crippen molar-refractivity contribution in [3.05, 3.63) is 18.0 Å². The third-order valence-corrected chi connectivity index (χ3v) is 3.84. The van der Waals surface area contributed by atoms with E-state index in [1.807, 2.05) is 12.4 Å². The summed E-state index contributed by atoms with van der Waals surface area (Å²) in [6, 6.07) is 0. The quantitative estimate of drug-likeness (QED) is 0.662. The van der Waals surface area contributed by atoms with Crippen molar-refractivity contribution >= 4 is 0 Å². The maximum Gasteiger partial charge on any atom is 0.0640 e. The lowest BCUT2D eigenvalue weighted by atomic mass is 9.87. The minimum Gasteiger partial charge on any atom is -0.396 e. The molecule has 1 heterocycles. The summed E-state index contributed by atoms with van der Waals surface area (Å²) in [5, 5.41) is 25.9. The fraction of sp³-hybridized carbons (Fsp3) is 0.769. The fourth-order valence-corrected chi connectivity index (χ4v) is 2.71. The van der Waals surface area contributed by atoms with Crippen LogP contribution in [0.2, 0.25) is 0 Å². The van der Waals surface area contributed by atoms with E-state index in [1.165, 1.54) is 12.8 Å². The summed E-state index contributed by atoms with van der Waals surface area (Å²) in [7, 11) is 0. The highest BCUT2D eigenvalue weighted by atomic mass is 16.3. The highest BCUT2D eigenvalue weighted by Crippen LogP contribution is 2.36. The van der Waals surface area contributed by atoms with Crippen LogP contribution >= 0.6 is 0 Å². The smallest absolute Gasteiger partial charge is 0.0640 e. The lowest BCUT2D eigenvalue weighted by molar-refractivity contribution is 0.128. The molecule has 5 nitrogen and oxygen atoms in total. The molecular weight excluding hydrogens is 230 g/mol. The average molecular weight is 253 g/mol. The summed E-state index contributed by atoms with van der Waals surface area (Å²) in [6.45, 7) is 2.58. The number of aromatic nitrogens is 2. The largest absolute Gasteiger partial charge is 0.396 e. The Morgan fingerprint density at radius 2 is 2.11 bits per heavy atom. The minimum atomic E-state index is 0.0983. The van der Waals surface area contributed by atoms with E-state index in [9.17, 15) is 5.11 Å². The summed E-state index contributed by atoms with van der Waals surface area (Å²) >= 11 is 0. The molecule has 0 aliphatic heterocycles. The van der Waals surface area contributed by atoms with Crippen LogP contribution in [-0.2, 0) is 13.1 Å². The van der Waals surface area contributed by atoms with Crippen LogP contribution in [0.1, 0.15) is 31.2 Å². The molecule has 18 heavy (non-hydrogen) atoms. The normalized spacial score (nSPS) is 18.3. The first-order chi connectivity index (χ1) is 8.78. The van der Waals surface area contributed by atoms with Gasteiger partial charge in [0.1, 0.15) is 0 Å². The van der Waals surface area contributed by atoms with Gasteiger partial charge in [0.05, 0.1) is 19.3 Å². The second-order valence-corrected chi connectivity index (χ2v) is 5.30. The van der Waals surface area contributed by atoms with Gasteiger partial charge in [-0.25, -0.2) is 0 Å². The molecule has 0 amide bonds. The van der Waals surface area contributed by atoms with Crippen molar-refractivity contribution in [3.8, 4) is 0 Å². The number of nitrogens with one attached hydrogen (secondary N) is 1. The van der Waals surface area contributed by atoms with Gasteiger partial charge in [0.25, 0.3) is 0 Å². The average Bonchev–Trinajstić information content (AvgIpc) is 3.00. The van der Waals surface area contributed by atoms with Crippen LogP contribution < -0.4 is 5.32 Å². The number of hydrogen-bond acceptors (Lipinski definition) is 4. The van der Waals surface area contributed by atoms with Gasteiger partial charge in [-0.15, -0.1) is 0 Å². The van der Waals surface area contributed by atoms with Gasteiger partial charge in [-0.3, -0.25) is 4.68 Å². The molecule has 0 atom stereocenters.